The predicted molar refractivity (Wildman–Crippen MR) is 145 cm³/mol. The van der Waals surface area contributed by atoms with E-state index < -0.39 is 11.9 Å². The quantitative estimate of drug-likeness (QED) is 0.566. The third kappa shape index (κ3) is 7.27. The van der Waals surface area contributed by atoms with Gasteiger partial charge in [-0.05, 0) is 62.8 Å². The summed E-state index contributed by atoms with van der Waals surface area (Å²) in [6.07, 6.45) is 7.59. The van der Waals surface area contributed by atoms with E-state index in [1.165, 1.54) is 37.8 Å². The Morgan fingerprint density at radius 1 is 0.889 bits per heavy atom. The zero-order valence-corrected chi connectivity index (χ0v) is 23.3. The monoisotopic (exact) mass is 558 g/mol. The van der Waals surface area contributed by atoms with Gasteiger partial charge in [0.05, 0.1) is 0 Å². The van der Waals surface area contributed by atoms with Gasteiger partial charge < -0.3 is 20.0 Å². The van der Waals surface area contributed by atoms with Gasteiger partial charge in [0.2, 0.25) is 11.8 Å². The van der Waals surface area contributed by atoms with E-state index in [2.05, 4.69) is 10.2 Å². The number of carbonyl (C=O) groups is 3. The highest BCUT2D eigenvalue weighted by Gasteiger charge is 2.39. The Morgan fingerprint density at radius 2 is 1.47 bits per heavy atom. The van der Waals surface area contributed by atoms with Crippen LogP contribution in [-0.2, 0) is 9.59 Å². The fourth-order valence-electron chi connectivity index (χ4n) is 5.71. The highest BCUT2D eigenvalue weighted by molar-refractivity contribution is 6.35. The third-order valence-corrected chi connectivity index (χ3v) is 8.47. The molecule has 2 aliphatic heterocycles. The van der Waals surface area contributed by atoms with Gasteiger partial charge in [0.15, 0.2) is 0 Å². The minimum atomic E-state index is -0.769. The van der Waals surface area contributed by atoms with Crippen molar-refractivity contribution in [1.82, 2.24) is 20.0 Å². The number of hydrogen-bond donors (Lipinski definition) is 1. The molecule has 1 saturated carbocycles. The van der Waals surface area contributed by atoms with Gasteiger partial charge in [-0.2, -0.15) is 0 Å². The van der Waals surface area contributed by atoms with E-state index >= 15 is 0 Å². The highest BCUT2D eigenvalue weighted by atomic mass is 35.5. The zero-order valence-electron chi connectivity index (χ0n) is 20.9. The van der Waals surface area contributed by atoms with Gasteiger partial charge in [0.1, 0.15) is 6.04 Å². The molecule has 10 heteroatoms. The molecule has 1 aliphatic carbocycles. The molecule has 0 radical (unpaired) electrons. The molecule has 2 heterocycles. The van der Waals surface area contributed by atoms with E-state index in [0.29, 0.717) is 47.2 Å². The summed E-state index contributed by atoms with van der Waals surface area (Å²) in [5.74, 6) is -0.492. The van der Waals surface area contributed by atoms with E-state index in [0.717, 1.165) is 25.9 Å². The number of likely N-dealkylation sites (N-methyl/N-ethyl adjacent to an activating group) is 1. The van der Waals surface area contributed by atoms with Crippen molar-refractivity contribution in [2.75, 3.05) is 46.3 Å². The first-order chi connectivity index (χ1) is 16.7. The lowest BCUT2D eigenvalue weighted by atomic mass is 9.77. The molecule has 1 aromatic rings. The van der Waals surface area contributed by atoms with E-state index in [9.17, 15) is 14.4 Å². The van der Waals surface area contributed by atoms with Gasteiger partial charge >= 0.3 is 0 Å². The summed E-state index contributed by atoms with van der Waals surface area (Å²) < 4.78 is 0. The van der Waals surface area contributed by atoms with Crippen LogP contribution in [0.15, 0.2) is 18.2 Å². The van der Waals surface area contributed by atoms with Crippen LogP contribution in [0, 0.1) is 5.41 Å². The molecule has 3 amide bonds. The average molecular weight is 560 g/mol. The minimum absolute atomic E-state index is 0. The molecular formula is C26H37Cl3N4O3. The van der Waals surface area contributed by atoms with Crippen LogP contribution in [0.25, 0.3) is 0 Å². The fourth-order valence-corrected chi connectivity index (χ4v) is 6.24. The number of piperazine rings is 1. The van der Waals surface area contributed by atoms with E-state index in [1.54, 1.807) is 6.07 Å². The van der Waals surface area contributed by atoms with Crippen LogP contribution in [0.3, 0.4) is 0 Å². The standard InChI is InChI=1S/C26H36Cl2N4O3.ClH/c1-30-12-14-31(15-13-30)23(33)5-4-22(29-24(34)19-16-20(27)18-21(28)17-19)25(35)32-10-8-26(9-11-32)6-2-3-7-26;/h16-18,22H,2-15H2,1H3,(H,29,34);1H. The van der Waals surface area contributed by atoms with Crippen molar-refractivity contribution in [2.24, 2.45) is 5.41 Å². The molecule has 3 aliphatic rings. The molecule has 7 nitrogen and oxygen atoms in total. The Kier molecular flexibility index (Phi) is 10.3. The molecule has 4 rings (SSSR count). The average Bonchev–Trinajstić information content (AvgIpc) is 3.29. The van der Waals surface area contributed by atoms with Crippen molar-refractivity contribution >= 4 is 53.3 Å². The highest BCUT2D eigenvalue weighted by Crippen LogP contribution is 2.46. The molecule has 1 unspecified atom stereocenters. The number of piperidine rings is 1. The number of benzene rings is 1. The Balaban J connectivity index is 0.00000361. The molecule has 1 atom stereocenters. The van der Waals surface area contributed by atoms with E-state index in [1.807, 2.05) is 16.8 Å². The number of nitrogens with one attached hydrogen (secondary N) is 1. The maximum Gasteiger partial charge on any atom is 0.252 e. The first-order valence-electron chi connectivity index (χ1n) is 12.8. The van der Waals surface area contributed by atoms with Gasteiger partial charge in [-0.1, -0.05) is 36.0 Å². The number of rotatable bonds is 6. The summed E-state index contributed by atoms with van der Waals surface area (Å²) in [6.45, 7) is 4.48. The zero-order chi connectivity index (χ0) is 25.0. The number of nitrogens with zero attached hydrogens (tertiary/aromatic N) is 3. The van der Waals surface area contributed by atoms with Crippen LogP contribution in [0.5, 0.6) is 0 Å². The van der Waals surface area contributed by atoms with Gasteiger partial charge in [-0.25, -0.2) is 0 Å². The van der Waals surface area contributed by atoms with Crippen molar-refractivity contribution < 1.29 is 14.4 Å². The first-order valence-corrected chi connectivity index (χ1v) is 13.5. The van der Waals surface area contributed by atoms with Crippen molar-refractivity contribution in [3.05, 3.63) is 33.8 Å². The molecule has 3 fully saturated rings. The van der Waals surface area contributed by atoms with Gasteiger partial charge in [0, 0.05) is 61.3 Å². The predicted octanol–water partition coefficient (Wildman–Crippen LogP) is 4.25. The van der Waals surface area contributed by atoms with Crippen LogP contribution in [0.4, 0.5) is 0 Å². The fraction of sp³-hybridized carbons (Fsp3) is 0.654. The molecule has 36 heavy (non-hydrogen) atoms. The maximum absolute atomic E-state index is 13.6. The summed E-state index contributed by atoms with van der Waals surface area (Å²) in [5.41, 5.74) is 0.694. The van der Waals surface area contributed by atoms with Crippen molar-refractivity contribution in [1.29, 1.82) is 0 Å². The number of amides is 3. The smallest absolute Gasteiger partial charge is 0.252 e. The third-order valence-electron chi connectivity index (χ3n) is 8.03. The van der Waals surface area contributed by atoms with Crippen LogP contribution in [-0.4, -0.2) is 84.8 Å². The Hall–Kier alpha value is -1.54. The minimum Gasteiger partial charge on any atom is -0.341 e. The molecule has 1 N–H and O–H groups in total. The van der Waals surface area contributed by atoms with Crippen LogP contribution >= 0.6 is 35.6 Å². The van der Waals surface area contributed by atoms with Crippen molar-refractivity contribution in [2.45, 2.75) is 57.4 Å². The van der Waals surface area contributed by atoms with Crippen molar-refractivity contribution in [3.63, 3.8) is 0 Å². The lowest BCUT2D eigenvalue weighted by molar-refractivity contribution is -0.136. The second-order valence-corrected chi connectivity index (χ2v) is 11.3. The van der Waals surface area contributed by atoms with Gasteiger partial charge in [-0.15, -0.1) is 12.4 Å². The Labute approximate surface area is 230 Å². The normalized spacial score (nSPS) is 20.6. The maximum atomic E-state index is 13.6. The molecule has 200 valence electrons. The van der Waals surface area contributed by atoms with Gasteiger partial charge in [0.25, 0.3) is 5.91 Å². The number of likely N-dealkylation sites (tertiary alicyclic amines) is 1. The number of hydrogen-bond acceptors (Lipinski definition) is 4. The second kappa shape index (κ2) is 12.8. The molecule has 2 saturated heterocycles. The van der Waals surface area contributed by atoms with Crippen LogP contribution < -0.4 is 5.32 Å². The summed E-state index contributed by atoms with van der Waals surface area (Å²) in [5, 5.41) is 3.60. The van der Waals surface area contributed by atoms with Gasteiger partial charge in [-0.3, -0.25) is 14.4 Å². The topological polar surface area (TPSA) is 73.0 Å². The lowest BCUT2D eigenvalue weighted by Crippen LogP contribution is -2.52. The molecule has 0 aromatic heterocycles. The first kappa shape index (κ1) is 29.0. The lowest BCUT2D eigenvalue weighted by Gasteiger charge is -2.40. The van der Waals surface area contributed by atoms with E-state index in [4.69, 9.17) is 23.2 Å². The summed E-state index contributed by atoms with van der Waals surface area (Å²) in [4.78, 5) is 45.4. The Morgan fingerprint density at radius 3 is 2.06 bits per heavy atom. The molecule has 0 bridgehead atoms. The largest absolute Gasteiger partial charge is 0.341 e. The Bertz CT molecular complexity index is 916. The molecular weight excluding hydrogens is 523 g/mol. The van der Waals surface area contributed by atoms with E-state index in [-0.39, 0.29) is 37.1 Å². The SMILES string of the molecule is CN1CCN(C(=O)CCC(NC(=O)c2cc(Cl)cc(Cl)c2)C(=O)N2CCC3(CCCC3)CC2)CC1.Cl. The second-order valence-electron chi connectivity index (χ2n) is 10.4. The summed E-state index contributed by atoms with van der Waals surface area (Å²) in [7, 11) is 2.04. The van der Waals surface area contributed by atoms with Crippen LogP contribution in [0.2, 0.25) is 10.0 Å². The summed E-state index contributed by atoms with van der Waals surface area (Å²) in [6, 6.07) is 3.85. The molecule has 1 aromatic carbocycles. The van der Waals surface area contributed by atoms with Crippen molar-refractivity contribution in [3.8, 4) is 0 Å². The van der Waals surface area contributed by atoms with Crippen LogP contribution in [0.1, 0.15) is 61.7 Å². The number of carbonyl (C=O) groups excluding carboxylic acids is 3. The summed E-state index contributed by atoms with van der Waals surface area (Å²) >= 11 is 12.2. The molecule has 1 spiro atoms. The number of halogens is 3.